The van der Waals surface area contributed by atoms with E-state index in [1.807, 2.05) is 152 Å². The Morgan fingerprint density at radius 1 is 0.844 bits per heavy atom. The summed E-state index contributed by atoms with van der Waals surface area (Å²) in [5.41, 5.74) is 3.34. The van der Waals surface area contributed by atoms with Crippen LogP contribution in [0.3, 0.4) is 0 Å². The molecule has 3 atom stereocenters. The zero-order valence-electron chi connectivity index (χ0n) is 34.4. The molecule has 64 heavy (non-hydrogen) atoms. The first-order valence-corrected chi connectivity index (χ1v) is 22.9. The molecule has 0 bridgehead atoms. The zero-order valence-corrected chi connectivity index (χ0v) is 36.8. The number of carboxylic acids is 1. The van der Waals surface area contributed by atoms with Crippen molar-refractivity contribution in [3.63, 3.8) is 0 Å². The number of β-lactam (4-membered cyclic amide) rings is 1. The standard InChI is InChI=1S/C49H42ClN5O7S2/c1-2-38(47(60)61-42(31-18-8-3-9-19-31)32-20-10-4-11-21-32)62-54-39(43(56)52-40-44(57)55-41(46(58)59)33(28-50)29-63-45(40)55)37-30-64-48(51-37)53-49(34-22-12-5-13-23-34,35-24-14-6-15-25-35)36-26-16-7-17-27-36/h3-27,30,38,40,42,45H,2,28-29H2,1H3,(H,51,53)(H,52,56)(H,58,59)/b54-39-/t38-,40?,45-/m1/s1. The molecule has 2 aliphatic heterocycles. The summed E-state index contributed by atoms with van der Waals surface area (Å²) in [4.78, 5) is 66.1. The first-order chi connectivity index (χ1) is 31.2. The van der Waals surface area contributed by atoms with Crippen molar-refractivity contribution in [1.29, 1.82) is 0 Å². The van der Waals surface area contributed by atoms with Crippen LogP contribution < -0.4 is 10.6 Å². The Balaban J connectivity index is 1.14. The molecule has 1 aromatic heterocycles. The minimum Gasteiger partial charge on any atom is -0.477 e. The van der Waals surface area contributed by atoms with Crippen LogP contribution in [0.5, 0.6) is 0 Å². The van der Waals surface area contributed by atoms with Gasteiger partial charge in [-0.05, 0) is 39.8 Å². The van der Waals surface area contributed by atoms with Gasteiger partial charge in [-0.25, -0.2) is 14.6 Å². The van der Waals surface area contributed by atoms with Crippen molar-refractivity contribution < 1.29 is 33.9 Å². The van der Waals surface area contributed by atoms with Crippen molar-refractivity contribution in [1.82, 2.24) is 15.2 Å². The number of anilines is 1. The molecule has 3 heterocycles. The third-order valence-corrected chi connectivity index (χ3v) is 13.3. The molecule has 324 valence electrons. The van der Waals surface area contributed by atoms with E-state index in [1.54, 1.807) is 12.3 Å². The minimum atomic E-state index is -1.28. The van der Waals surface area contributed by atoms with E-state index in [0.717, 1.165) is 32.7 Å². The van der Waals surface area contributed by atoms with Gasteiger partial charge in [-0.3, -0.25) is 14.5 Å². The van der Waals surface area contributed by atoms with E-state index in [1.165, 1.54) is 23.1 Å². The molecule has 6 aromatic rings. The fraction of sp³-hybridized carbons (Fsp3) is 0.184. The third kappa shape index (κ3) is 8.89. The molecule has 0 radical (unpaired) electrons. The largest absolute Gasteiger partial charge is 0.477 e. The maximum atomic E-state index is 14.5. The quantitative estimate of drug-likeness (QED) is 0.0203. The van der Waals surface area contributed by atoms with Gasteiger partial charge in [-0.1, -0.05) is 164 Å². The van der Waals surface area contributed by atoms with Crippen molar-refractivity contribution in [3.8, 4) is 0 Å². The highest BCUT2D eigenvalue weighted by Crippen LogP contribution is 2.42. The Hall–Kier alpha value is -6.74. The summed E-state index contributed by atoms with van der Waals surface area (Å²) in [5, 5.41) is 22.1. The molecular weight excluding hydrogens is 870 g/mol. The van der Waals surface area contributed by atoms with Gasteiger partial charge >= 0.3 is 11.9 Å². The maximum Gasteiger partial charge on any atom is 0.352 e. The van der Waals surface area contributed by atoms with E-state index in [9.17, 15) is 24.3 Å². The predicted octanol–water partition coefficient (Wildman–Crippen LogP) is 8.36. The average Bonchev–Trinajstić information content (AvgIpc) is 3.81. The summed E-state index contributed by atoms with van der Waals surface area (Å²) in [6.07, 6.45) is -1.87. The monoisotopic (exact) mass is 911 g/mol. The molecule has 1 unspecified atom stereocenters. The number of amides is 2. The number of hydrogen-bond acceptors (Lipinski definition) is 11. The first-order valence-electron chi connectivity index (χ1n) is 20.4. The number of oxime groups is 1. The summed E-state index contributed by atoms with van der Waals surface area (Å²) >= 11 is 8.56. The predicted molar refractivity (Wildman–Crippen MR) is 248 cm³/mol. The number of ether oxygens (including phenoxy) is 1. The van der Waals surface area contributed by atoms with Gasteiger partial charge in [0.1, 0.15) is 28.3 Å². The van der Waals surface area contributed by atoms with Crippen LogP contribution in [0.2, 0.25) is 0 Å². The number of benzene rings is 5. The van der Waals surface area contributed by atoms with Crippen LogP contribution in [0.15, 0.2) is 173 Å². The second-order valence-corrected chi connectivity index (χ2v) is 17.1. The molecule has 0 saturated carbocycles. The van der Waals surface area contributed by atoms with Crippen molar-refractivity contribution >= 4 is 69.3 Å². The first kappa shape index (κ1) is 43.9. The number of carboxylic acid groups (broad SMARTS) is 1. The molecular formula is C49H42ClN5O7S2. The van der Waals surface area contributed by atoms with Gasteiger partial charge in [0.2, 0.25) is 6.10 Å². The molecule has 1 saturated heterocycles. The van der Waals surface area contributed by atoms with E-state index >= 15 is 0 Å². The van der Waals surface area contributed by atoms with E-state index in [-0.39, 0.29) is 35.2 Å². The highest BCUT2D eigenvalue weighted by Gasteiger charge is 2.54. The Morgan fingerprint density at radius 3 is 1.84 bits per heavy atom. The van der Waals surface area contributed by atoms with Crippen LogP contribution in [-0.4, -0.2) is 73.6 Å². The van der Waals surface area contributed by atoms with E-state index in [4.69, 9.17) is 26.2 Å². The molecule has 3 N–H and O–H groups in total. The second kappa shape index (κ2) is 19.8. The Bertz CT molecular complexity index is 2530. The number of carbonyl (C=O) groups excluding carboxylic acids is 3. The lowest BCUT2D eigenvalue weighted by Crippen LogP contribution is -2.71. The molecule has 0 aliphatic carbocycles. The van der Waals surface area contributed by atoms with Crippen molar-refractivity contribution in [2.75, 3.05) is 16.9 Å². The van der Waals surface area contributed by atoms with Crippen LogP contribution in [-0.2, 0) is 34.3 Å². The third-order valence-electron chi connectivity index (χ3n) is 10.9. The molecule has 1 fully saturated rings. The number of rotatable bonds is 17. The molecule has 15 heteroatoms. The second-order valence-electron chi connectivity index (χ2n) is 14.8. The lowest BCUT2D eigenvalue weighted by atomic mass is 9.77. The maximum absolute atomic E-state index is 14.5. The van der Waals surface area contributed by atoms with Crippen LogP contribution in [0.1, 0.15) is 53.0 Å². The lowest BCUT2D eigenvalue weighted by molar-refractivity contribution is -0.161. The summed E-state index contributed by atoms with van der Waals surface area (Å²) < 4.78 is 6.10. The molecule has 5 aromatic carbocycles. The van der Waals surface area contributed by atoms with E-state index < -0.39 is 52.9 Å². The van der Waals surface area contributed by atoms with Crippen LogP contribution >= 0.6 is 34.7 Å². The van der Waals surface area contributed by atoms with Gasteiger partial charge in [-0.15, -0.1) is 34.7 Å². The summed E-state index contributed by atoms with van der Waals surface area (Å²) in [6, 6.07) is 47.4. The number of carbonyl (C=O) groups is 4. The van der Waals surface area contributed by atoms with Crippen LogP contribution in [0.4, 0.5) is 5.13 Å². The smallest absolute Gasteiger partial charge is 0.352 e. The molecule has 0 spiro atoms. The van der Waals surface area contributed by atoms with Gasteiger partial charge in [0.25, 0.3) is 11.8 Å². The number of thiazole rings is 1. The minimum absolute atomic E-state index is 0.0604. The van der Waals surface area contributed by atoms with Crippen molar-refractivity contribution in [3.05, 3.63) is 202 Å². The number of aromatic nitrogens is 1. The number of esters is 1. The molecule has 2 aliphatic rings. The van der Waals surface area contributed by atoms with Gasteiger partial charge in [0.15, 0.2) is 16.9 Å². The Labute approximate surface area is 383 Å². The number of nitrogens with zero attached hydrogens (tertiary/aromatic N) is 3. The molecule has 2 amide bonds. The van der Waals surface area contributed by atoms with Gasteiger partial charge < -0.3 is 25.3 Å². The zero-order chi connectivity index (χ0) is 44.6. The van der Waals surface area contributed by atoms with E-state index in [2.05, 4.69) is 15.8 Å². The van der Waals surface area contributed by atoms with Gasteiger partial charge in [-0.2, -0.15) is 0 Å². The number of aliphatic carboxylic acids is 1. The fourth-order valence-electron chi connectivity index (χ4n) is 7.76. The normalized spacial score (nSPS) is 16.6. The summed E-state index contributed by atoms with van der Waals surface area (Å²) in [7, 11) is 0. The number of halogens is 1. The number of thioether (sulfide) groups is 1. The van der Waals surface area contributed by atoms with Gasteiger partial charge in [0, 0.05) is 17.0 Å². The van der Waals surface area contributed by atoms with E-state index in [0.29, 0.717) is 10.7 Å². The molecule has 12 nitrogen and oxygen atoms in total. The summed E-state index contributed by atoms with van der Waals surface area (Å²) in [6.45, 7) is 1.73. The lowest BCUT2D eigenvalue weighted by Gasteiger charge is -2.49. The highest BCUT2D eigenvalue weighted by atomic mass is 35.5. The average molecular weight is 912 g/mol. The van der Waals surface area contributed by atoms with Crippen molar-refractivity contribution in [2.24, 2.45) is 5.16 Å². The highest BCUT2D eigenvalue weighted by molar-refractivity contribution is 8.00. The fourth-order valence-corrected chi connectivity index (χ4v) is 10.2. The Morgan fingerprint density at radius 2 is 1.36 bits per heavy atom. The SMILES string of the molecule is CC[C@@H](O/N=C(\C(=O)NC1C(=O)N2C(C(=O)O)=C(CCl)CS[C@H]12)c1csc(NC(c2ccccc2)(c2ccccc2)c2ccccc2)n1)C(=O)OC(c1ccccc1)c1ccccc1. The van der Waals surface area contributed by atoms with Crippen molar-refractivity contribution in [2.45, 2.75) is 42.5 Å². The number of alkyl halides is 1. The number of hydrogen-bond donors (Lipinski definition) is 3. The topological polar surface area (TPSA) is 160 Å². The Kier molecular flexibility index (Phi) is 13.5. The van der Waals surface area contributed by atoms with Gasteiger partial charge in [0.05, 0.1) is 0 Å². The molecule has 8 rings (SSSR count). The summed E-state index contributed by atoms with van der Waals surface area (Å²) in [5.74, 6) is -3.24. The van der Waals surface area contributed by atoms with Crippen LogP contribution in [0, 0.1) is 0 Å². The van der Waals surface area contributed by atoms with Crippen LogP contribution in [0.25, 0.3) is 0 Å². The number of fused-ring (bicyclic) bond motifs is 1. The number of nitrogens with one attached hydrogen (secondary N) is 2.